The zero-order valence-corrected chi connectivity index (χ0v) is 11.9. The summed E-state index contributed by atoms with van der Waals surface area (Å²) in [6.45, 7) is 3.38. The molecular weight excluding hydrogens is 244 g/mol. The Morgan fingerprint density at radius 3 is 2.16 bits per heavy atom. The van der Waals surface area contributed by atoms with Crippen LogP contribution < -0.4 is 4.74 Å². The van der Waals surface area contributed by atoms with Gasteiger partial charge in [0.2, 0.25) is 0 Å². The van der Waals surface area contributed by atoms with Gasteiger partial charge in [0.25, 0.3) is 0 Å². The molecule has 4 heteroatoms. The van der Waals surface area contributed by atoms with Gasteiger partial charge in [-0.05, 0) is 30.5 Å². The van der Waals surface area contributed by atoms with E-state index < -0.39 is 0 Å². The van der Waals surface area contributed by atoms with Crippen molar-refractivity contribution in [2.75, 3.05) is 40.6 Å². The van der Waals surface area contributed by atoms with Gasteiger partial charge in [0.1, 0.15) is 5.75 Å². The Labute approximate surface area is 115 Å². The summed E-state index contributed by atoms with van der Waals surface area (Å²) in [5.74, 6) is 0.901. The summed E-state index contributed by atoms with van der Waals surface area (Å²) in [6.07, 6.45) is 2.04. The summed E-state index contributed by atoms with van der Waals surface area (Å²) in [5.41, 5.74) is 1.14. The number of unbranched alkanes of at least 4 members (excludes halogenated alkanes) is 1. The first kappa shape index (κ1) is 16.0. The Kier molecular flexibility index (Phi) is 9.06. The fourth-order valence-corrected chi connectivity index (χ4v) is 1.55. The second-order valence-corrected chi connectivity index (χ2v) is 4.24. The summed E-state index contributed by atoms with van der Waals surface area (Å²) in [4.78, 5) is 0. The molecule has 19 heavy (non-hydrogen) atoms. The van der Waals surface area contributed by atoms with E-state index in [-0.39, 0.29) is 0 Å². The minimum Gasteiger partial charge on any atom is -0.494 e. The summed E-state index contributed by atoms with van der Waals surface area (Å²) in [6, 6.07) is 8.01. The van der Waals surface area contributed by atoms with Crippen LogP contribution in [0.25, 0.3) is 0 Å². The van der Waals surface area contributed by atoms with Gasteiger partial charge in [-0.3, -0.25) is 0 Å². The highest BCUT2D eigenvalue weighted by Crippen LogP contribution is 2.13. The smallest absolute Gasteiger partial charge is 0.119 e. The average Bonchev–Trinajstić information content (AvgIpc) is 2.45. The van der Waals surface area contributed by atoms with E-state index in [1.807, 2.05) is 24.3 Å². The lowest BCUT2D eigenvalue weighted by atomic mass is 10.2. The Bertz CT molecular complexity index is 310. The third kappa shape index (κ3) is 7.82. The quantitative estimate of drug-likeness (QED) is 0.578. The molecule has 0 unspecified atom stereocenters. The highest BCUT2D eigenvalue weighted by molar-refractivity contribution is 5.26. The molecule has 0 fully saturated rings. The van der Waals surface area contributed by atoms with Crippen LogP contribution in [0.2, 0.25) is 0 Å². The number of benzene rings is 1. The molecule has 1 aromatic carbocycles. The molecule has 0 atom stereocenters. The minimum absolute atomic E-state index is 0.609. The summed E-state index contributed by atoms with van der Waals surface area (Å²) >= 11 is 0. The summed E-state index contributed by atoms with van der Waals surface area (Å²) < 4.78 is 21.0. The van der Waals surface area contributed by atoms with Crippen molar-refractivity contribution < 1.29 is 18.9 Å². The minimum atomic E-state index is 0.609. The average molecular weight is 268 g/mol. The second-order valence-electron chi connectivity index (χ2n) is 4.24. The molecule has 108 valence electrons. The molecule has 4 nitrogen and oxygen atoms in total. The zero-order chi connectivity index (χ0) is 13.8. The first-order valence-corrected chi connectivity index (χ1v) is 6.64. The van der Waals surface area contributed by atoms with Crippen molar-refractivity contribution in [2.24, 2.45) is 0 Å². The molecular formula is C15H24O4. The maximum absolute atomic E-state index is 5.63. The number of ether oxygens (including phenoxy) is 4. The Morgan fingerprint density at radius 1 is 0.789 bits per heavy atom. The van der Waals surface area contributed by atoms with E-state index in [1.54, 1.807) is 14.2 Å². The molecule has 0 radical (unpaired) electrons. The molecule has 0 saturated heterocycles. The number of methoxy groups -OCH3 is 2. The fraction of sp³-hybridized carbons (Fsp3) is 0.600. The van der Waals surface area contributed by atoms with Crippen LogP contribution in [0.1, 0.15) is 18.4 Å². The van der Waals surface area contributed by atoms with Crippen LogP contribution in [-0.4, -0.2) is 40.6 Å². The topological polar surface area (TPSA) is 36.9 Å². The van der Waals surface area contributed by atoms with E-state index in [0.717, 1.165) is 37.4 Å². The highest BCUT2D eigenvalue weighted by atomic mass is 16.5. The van der Waals surface area contributed by atoms with Crippen molar-refractivity contribution in [1.29, 1.82) is 0 Å². The molecule has 0 amide bonds. The number of rotatable bonds is 11. The lowest BCUT2D eigenvalue weighted by Crippen LogP contribution is -2.02. The standard InChI is InChI=1S/C15H24O4/c1-16-9-3-4-10-19-15-7-5-14(6-8-15)13-18-12-11-17-2/h5-8H,3-4,9-13H2,1-2H3. The normalized spacial score (nSPS) is 10.6. The van der Waals surface area contributed by atoms with E-state index in [0.29, 0.717) is 19.8 Å². The van der Waals surface area contributed by atoms with Crippen molar-refractivity contribution in [2.45, 2.75) is 19.4 Å². The van der Waals surface area contributed by atoms with Crippen molar-refractivity contribution in [3.8, 4) is 5.75 Å². The van der Waals surface area contributed by atoms with Gasteiger partial charge >= 0.3 is 0 Å². The van der Waals surface area contributed by atoms with Crippen molar-refractivity contribution >= 4 is 0 Å². The lowest BCUT2D eigenvalue weighted by Gasteiger charge is -2.07. The zero-order valence-electron chi connectivity index (χ0n) is 11.9. The predicted molar refractivity (Wildman–Crippen MR) is 74.6 cm³/mol. The third-order valence-corrected chi connectivity index (χ3v) is 2.64. The molecule has 1 rings (SSSR count). The van der Waals surface area contributed by atoms with Crippen molar-refractivity contribution in [3.05, 3.63) is 29.8 Å². The van der Waals surface area contributed by atoms with Crippen LogP contribution >= 0.6 is 0 Å². The van der Waals surface area contributed by atoms with Crippen LogP contribution in [0, 0.1) is 0 Å². The van der Waals surface area contributed by atoms with Crippen LogP contribution in [-0.2, 0) is 20.8 Å². The molecule has 0 aliphatic carbocycles. The molecule has 0 heterocycles. The van der Waals surface area contributed by atoms with Gasteiger partial charge in [0, 0.05) is 20.8 Å². The maximum atomic E-state index is 5.63. The molecule has 0 aromatic heterocycles. The number of hydrogen-bond donors (Lipinski definition) is 0. The highest BCUT2D eigenvalue weighted by Gasteiger charge is 1.96. The lowest BCUT2D eigenvalue weighted by molar-refractivity contribution is 0.0616. The van der Waals surface area contributed by atoms with Crippen LogP contribution in [0.5, 0.6) is 5.75 Å². The summed E-state index contributed by atoms with van der Waals surface area (Å²) in [7, 11) is 3.39. The van der Waals surface area contributed by atoms with Gasteiger partial charge in [-0.15, -0.1) is 0 Å². The largest absolute Gasteiger partial charge is 0.494 e. The molecule has 0 aliphatic rings. The van der Waals surface area contributed by atoms with Gasteiger partial charge in [-0.25, -0.2) is 0 Å². The van der Waals surface area contributed by atoms with E-state index in [4.69, 9.17) is 18.9 Å². The van der Waals surface area contributed by atoms with Gasteiger partial charge in [-0.2, -0.15) is 0 Å². The van der Waals surface area contributed by atoms with Crippen LogP contribution in [0.3, 0.4) is 0 Å². The Morgan fingerprint density at radius 2 is 1.47 bits per heavy atom. The van der Waals surface area contributed by atoms with Crippen LogP contribution in [0.4, 0.5) is 0 Å². The molecule has 1 aromatic rings. The first-order chi connectivity index (χ1) is 9.36. The van der Waals surface area contributed by atoms with Gasteiger partial charge in [0.05, 0.1) is 26.4 Å². The van der Waals surface area contributed by atoms with Crippen molar-refractivity contribution in [1.82, 2.24) is 0 Å². The fourth-order valence-electron chi connectivity index (χ4n) is 1.55. The molecule has 0 spiro atoms. The molecule has 0 saturated carbocycles. The Balaban J connectivity index is 2.16. The third-order valence-electron chi connectivity index (χ3n) is 2.64. The predicted octanol–water partition coefficient (Wildman–Crippen LogP) is 2.66. The number of hydrogen-bond acceptors (Lipinski definition) is 4. The second kappa shape index (κ2) is 10.8. The maximum Gasteiger partial charge on any atom is 0.119 e. The SMILES string of the molecule is COCCCCOc1ccc(COCCOC)cc1. The monoisotopic (exact) mass is 268 g/mol. The molecule has 0 aliphatic heterocycles. The van der Waals surface area contributed by atoms with E-state index in [9.17, 15) is 0 Å². The van der Waals surface area contributed by atoms with Crippen LogP contribution in [0.15, 0.2) is 24.3 Å². The van der Waals surface area contributed by atoms with Gasteiger partial charge < -0.3 is 18.9 Å². The van der Waals surface area contributed by atoms with E-state index in [2.05, 4.69) is 0 Å². The summed E-state index contributed by atoms with van der Waals surface area (Å²) in [5, 5.41) is 0. The van der Waals surface area contributed by atoms with Gasteiger partial charge in [0.15, 0.2) is 0 Å². The first-order valence-electron chi connectivity index (χ1n) is 6.64. The van der Waals surface area contributed by atoms with Crippen molar-refractivity contribution in [3.63, 3.8) is 0 Å². The van der Waals surface area contributed by atoms with E-state index in [1.165, 1.54) is 0 Å². The molecule has 0 bridgehead atoms. The molecule has 0 N–H and O–H groups in total. The van der Waals surface area contributed by atoms with Gasteiger partial charge in [-0.1, -0.05) is 12.1 Å². The Hall–Kier alpha value is -1.10. The van der Waals surface area contributed by atoms with E-state index >= 15 is 0 Å².